The molecule has 0 unspecified atom stereocenters. The molecule has 118 valence electrons. The number of anilines is 2. The van der Waals surface area contributed by atoms with E-state index in [9.17, 15) is 0 Å². The maximum Gasteiger partial charge on any atom is 0.222 e. The summed E-state index contributed by atoms with van der Waals surface area (Å²) in [5.74, 6) is 1.15. The molecule has 0 aliphatic heterocycles. The first-order valence-electron chi connectivity index (χ1n) is 8.12. The summed E-state index contributed by atoms with van der Waals surface area (Å²) in [6.07, 6.45) is 9.95. The first kappa shape index (κ1) is 14.0. The normalized spacial score (nSPS) is 15.8. The van der Waals surface area contributed by atoms with Crippen molar-refractivity contribution in [1.82, 2.24) is 20.2 Å². The summed E-state index contributed by atoms with van der Waals surface area (Å²) in [6.45, 7) is 0. The molecule has 23 heavy (non-hydrogen) atoms. The summed E-state index contributed by atoms with van der Waals surface area (Å²) in [4.78, 5) is 8.81. The molecule has 0 bridgehead atoms. The highest BCUT2D eigenvalue weighted by molar-refractivity contribution is 5.93. The van der Waals surface area contributed by atoms with Crippen molar-refractivity contribution in [3.8, 4) is 11.1 Å². The fourth-order valence-electron chi connectivity index (χ4n) is 3.29. The summed E-state index contributed by atoms with van der Waals surface area (Å²) in [7, 11) is 0. The Bertz CT molecular complexity index is 805. The number of nitrogen functional groups attached to an aromatic ring is 1. The van der Waals surface area contributed by atoms with E-state index in [4.69, 9.17) is 5.73 Å². The summed E-state index contributed by atoms with van der Waals surface area (Å²) in [6, 6.07) is 6.59. The third-order valence-corrected chi connectivity index (χ3v) is 4.49. The van der Waals surface area contributed by atoms with E-state index < -0.39 is 0 Å². The van der Waals surface area contributed by atoms with E-state index in [-0.39, 0.29) is 0 Å². The van der Waals surface area contributed by atoms with Crippen molar-refractivity contribution < 1.29 is 0 Å². The van der Waals surface area contributed by atoms with E-state index in [0.29, 0.717) is 12.0 Å². The molecule has 6 heteroatoms. The van der Waals surface area contributed by atoms with Crippen LogP contribution in [0.1, 0.15) is 32.1 Å². The van der Waals surface area contributed by atoms with Crippen molar-refractivity contribution >= 4 is 22.7 Å². The topological polar surface area (TPSA) is 92.5 Å². The highest BCUT2D eigenvalue weighted by atomic mass is 15.1. The lowest BCUT2D eigenvalue weighted by Gasteiger charge is -2.24. The summed E-state index contributed by atoms with van der Waals surface area (Å²) in [5.41, 5.74) is 8.89. The average molecular weight is 308 g/mol. The van der Waals surface area contributed by atoms with Crippen LogP contribution in [0.15, 0.2) is 30.6 Å². The molecule has 6 nitrogen and oxygen atoms in total. The SMILES string of the molecule is Nc1nc(NC2CCCCC2)c2cc(-c3cn[nH]c3)ccc2n1. The third kappa shape index (κ3) is 2.84. The van der Waals surface area contributed by atoms with Crippen LogP contribution in [-0.2, 0) is 0 Å². The van der Waals surface area contributed by atoms with Crippen molar-refractivity contribution in [1.29, 1.82) is 0 Å². The minimum Gasteiger partial charge on any atom is -0.368 e. The van der Waals surface area contributed by atoms with Gasteiger partial charge in [0.15, 0.2) is 0 Å². The van der Waals surface area contributed by atoms with Crippen LogP contribution in [0.25, 0.3) is 22.0 Å². The van der Waals surface area contributed by atoms with Gasteiger partial charge in [0.2, 0.25) is 5.95 Å². The molecule has 1 aliphatic rings. The number of H-pyrrole nitrogens is 1. The molecular weight excluding hydrogens is 288 g/mol. The molecule has 1 aliphatic carbocycles. The Morgan fingerprint density at radius 2 is 1.96 bits per heavy atom. The Balaban J connectivity index is 1.76. The molecular formula is C17H20N6. The predicted octanol–water partition coefficient (Wildman–Crippen LogP) is 3.35. The van der Waals surface area contributed by atoms with Crippen LogP contribution < -0.4 is 11.1 Å². The summed E-state index contributed by atoms with van der Waals surface area (Å²) >= 11 is 0. The average Bonchev–Trinajstić information content (AvgIpc) is 3.10. The minimum atomic E-state index is 0.312. The number of aromatic nitrogens is 4. The second-order valence-corrected chi connectivity index (χ2v) is 6.13. The Hall–Kier alpha value is -2.63. The lowest BCUT2D eigenvalue weighted by atomic mass is 9.95. The fraction of sp³-hybridized carbons (Fsp3) is 0.353. The fourth-order valence-corrected chi connectivity index (χ4v) is 3.29. The molecule has 2 aromatic heterocycles. The molecule has 0 atom stereocenters. The molecule has 3 aromatic rings. The quantitative estimate of drug-likeness (QED) is 0.690. The van der Waals surface area contributed by atoms with Crippen LogP contribution in [0.3, 0.4) is 0 Å². The van der Waals surface area contributed by atoms with Crippen molar-refractivity contribution in [3.63, 3.8) is 0 Å². The van der Waals surface area contributed by atoms with E-state index in [1.54, 1.807) is 0 Å². The lowest BCUT2D eigenvalue weighted by molar-refractivity contribution is 0.462. The van der Waals surface area contributed by atoms with Gasteiger partial charge in [-0.15, -0.1) is 0 Å². The van der Waals surface area contributed by atoms with E-state index in [1.165, 1.54) is 32.1 Å². The van der Waals surface area contributed by atoms with Gasteiger partial charge in [0.05, 0.1) is 11.7 Å². The van der Waals surface area contributed by atoms with Gasteiger partial charge in [0.25, 0.3) is 0 Å². The molecule has 0 saturated heterocycles. The molecule has 1 fully saturated rings. The van der Waals surface area contributed by atoms with Crippen LogP contribution in [0.5, 0.6) is 0 Å². The zero-order valence-corrected chi connectivity index (χ0v) is 12.9. The van der Waals surface area contributed by atoms with Crippen LogP contribution in [0, 0.1) is 0 Å². The second-order valence-electron chi connectivity index (χ2n) is 6.13. The first-order valence-corrected chi connectivity index (χ1v) is 8.12. The van der Waals surface area contributed by atoms with Gasteiger partial charge in [-0.2, -0.15) is 10.1 Å². The molecule has 2 heterocycles. The summed E-state index contributed by atoms with van der Waals surface area (Å²) in [5, 5.41) is 11.5. The monoisotopic (exact) mass is 308 g/mol. The highest BCUT2D eigenvalue weighted by Crippen LogP contribution is 2.29. The number of aromatic amines is 1. The second kappa shape index (κ2) is 5.87. The molecule has 4 rings (SSSR count). The van der Waals surface area contributed by atoms with Gasteiger partial charge in [0, 0.05) is 23.2 Å². The number of rotatable bonds is 3. The molecule has 1 saturated carbocycles. The van der Waals surface area contributed by atoms with Crippen molar-refractivity contribution in [2.75, 3.05) is 11.1 Å². The van der Waals surface area contributed by atoms with Crippen molar-refractivity contribution in [3.05, 3.63) is 30.6 Å². The van der Waals surface area contributed by atoms with E-state index >= 15 is 0 Å². The van der Waals surface area contributed by atoms with E-state index in [2.05, 4.69) is 31.5 Å². The highest BCUT2D eigenvalue weighted by Gasteiger charge is 2.16. The molecule has 0 spiro atoms. The Labute approximate surface area is 134 Å². The van der Waals surface area contributed by atoms with Crippen LogP contribution in [0.2, 0.25) is 0 Å². The zero-order valence-electron chi connectivity index (χ0n) is 12.9. The number of benzene rings is 1. The van der Waals surface area contributed by atoms with Crippen LogP contribution >= 0.6 is 0 Å². The largest absolute Gasteiger partial charge is 0.368 e. The molecule has 0 amide bonds. The standard InChI is InChI=1S/C17H20N6/c18-17-22-15-7-6-11(12-9-19-20-10-12)8-14(15)16(23-17)21-13-4-2-1-3-5-13/h6-10,13H,1-5H2,(H,19,20)(H3,18,21,22,23). The number of fused-ring (bicyclic) bond motifs is 1. The van der Waals surface area contributed by atoms with Crippen molar-refractivity contribution in [2.24, 2.45) is 0 Å². The van der Waals surface area contributed by atoms with Gasteiger partial charge in [-0.05, 0) is 30.5 Å². The maximum absolute atomic E-state index is 5.89. The van der Waals surface area contributed by atoms with E-state index in [1.807, 2.05) is 24.5 Å². The maximum atomic E-state index is 5.89. The van der Waals surface area contributed by atoms with Gasteiger partial charge >= 0.3 is 0 Å². The van der Waals surface area contributed by atoms with Crippen molar-refractivity contribution in [2.45, 2.75) is 38.1 Å². The minimum absolute atomic E-state index is 0.312. The summed E-state index contributed by atoms with van der Waals surface area (Å²) < 4.78 is 0. The predicted molar refractivity (Wildman–Crippen MR) is 92.0 cm³/mol. The van der Waals surface area contributed by atoms with Gasteiger partial charge in [-0.3, -0.25) is 5.10 Å². The molecule has 0 radical (unpaired) electrons. The number of nitrogens with zero attached hydrogens (tertiary/aromatic N) is 3. The third-order valence-electron chi connectivity index (χ3n) is 4.49. The van der Waals surface area contributed by atoms with Gasteiger partial charge in [-0.25, -0.2) is 4.98 Å². The number of nitrogens with one attached hydrogen (secondary N) is 2. The van der Waals surface area contributed by atoms with Crippen LogP contribution in [-0.4, -0.2) is 26.2 Å². The van der Waals surface area contributed by atoms with Gasteiger partial charge in [0.1, 0.15) is 5.82 Å². The number of hydrogen-bond acceptors (Lipinski definition) is 5. The smallest absolute Gasteiger partial charge is 0.222 e. The Morgan fingerprint density at radius 1 is 1.09 bits per heavy atom. The number of hydrogen-bond donors (Lipinski definition) is 3. The van der Waals surface area contributed by atoms with Crippen LogP contribution in [0.4, 0.5) is 11.8 Å². The Morgan fingerprint density at radius 3 is 2.74 bits per heavy atom. The molecule has 4 N–H and O–H groups in total. The van der Waals surface area contributed by atoms with E-state index in [0.717, 1.165) is 27.8 Å². The number of nitrogens with two attached hydrogens (primary N) is 1. The Kier molecular flexibility index (Phi) is 3.57. The first-order chi connectivity index (χ1) is 11.3. The molecule has 1 aromatic carbocycles. The van der Waals surface area contributed by atoms with Gasteiger partial charge in [-0.1, -0.05) is 25.3 Å². The zero-order chi connectivity index (χ0) is 15.6. The lowest BCUT2D eigenvalue weighted by Crippen LogP contribution is -2.23. The van der Waals surface area contributed by atoms with Gasteiger partial charge < -0.3 is 11.1 Å².